The maximum Gasteiger partial charge on any atom is 0.254 e. The molecule has 9 heteroatoms. The second-order valence-electron chi connectivity index (χ2n) is 9.45. The van der Waals surface area contributed by atoms with Crippen molar-refractivity contribution in [2.24, 2.45) is 0 Å². The molecule has 3 atom stereocenters. The van der Waals surface area contributed by atoms with E-state index >= 15 is 0 Å². The summed E-state index contributed by atoms with van der Waals surface area (Å²) in [4.78, 5) is 14.9. The van der Waals surface area contributed by atoms with Gasteiger partial charge in [0.1, 0.15) is 18.0 Å². The predicted octanol–water partition coefficient (Wildman–Crippen LogP) is 2.51. The molecule has 190 valence electrons. The molecule has 1 amide bonds. The van der Waals surface area contributed by atoms with Crippen molar-refractivity contribution < 1.29 is 27.8 Å². The van der Waals surface area contributed by atoms with Gasteiger partial charge in [0, 0.05) is 25.3 Å². The molecule has 0 spiro atoms. The topological polar surface area (TPSA) is 96.4 Å². The average Bonchev–Trinajstić information content (AvgIpc) is 3.47. The quantitative estimate of drug-likeness (QED) is 0.596. The van der Waals surface area contributed by atoms with Crippen LogP contribution in [0.3, 0.4) is 0 Å². The van der Waals surface area contributed by atoms with E-state index < -0.39 is 10.0 Å². The van der Waals surface area contributed by atoms with Crippen LogP contribution in [-0.2, 0) is 20.5 Å². The first kappa shape index (κ1) is 25.6. The van der Waals surface area contributed by atoms with E-state index in [-0.39, 0.29) is 36.5 Å². The number of methoxy groups -OCH3 is 1. The van der Waals surface area contributed by atoms with Crippen LogP contribution >= 0.6 is 0 Å². The number of rotatable bonds is 8. The van der Waals surface area contributed by atoms with Gasteiger partial charge in [0.2, 0.25) is 10.0 Å². The van der Waals surface area contributed by atoms with E-state index in [1.165, 1.54) is 4.31 Å². The van der Waals surface area contributed by atoms with Crippen molar-refractivity contribution in [1.82, 2.24) is 9.21 Å². The predicted molar refractivity (Wildman–Crippen MR) is 133 cm³/mol. The van der Waals surface area contributed by atoms with Crippen LogP contribution in [0.2, 0.25) is 0 Å². The highest BCUT2D eigenvalue weighted by Gasteiger charge is 2.38. The molecule has 0 radical (unpaired) electrons. The van der Waals surface area contributed by atoms with Crippen molar-refractivity contribution in [2.75, 3.05) is 33.4 Å². The van der Waals surface area contributed by atoms with Crippen molar-refractivity contribution >= 4 is 15.9 Å². The van der Waals surface area contributed by atoms with Crippen molar-refractivity contribution in [3.8, 4) is 5.75 Å². The number of hydrogen-bond acceptors (Lipinski definition) is 6. The third-order valence-corrected chi connectivity index (χ3v) is 8.75. The number of aliphatic hydroxyl groups is 1. The van der Waals surface area contributed by atoms with Crippen molar-refractivity contribution in [3.05, 3.63) is 64.7 Å². The first-order valence-electron chi connectivity index (χ1n) is 12.0. The van der Waals surface area contributed by atoms with E-state index in [9.17, 15) is 18.3 Å². The molecule has 0 aromatic heterocycles. The minimum absolute atomic E-state index is 0.0526. The van der Waals surface area contributed by atoms with Crippen LogP contribution in [-0.4, -0.2) is 80.2 Å². The van der Waals surface area contributed by atoms with Crippen LogP contribution in [0.15, 0.2) is 42.5 Å². The molecule has 2 unspecified atom stereocenters. The first-order valence-corrected chi connectivity index (χ1v) is 13.6. The Bertz CT molecular complexity index is 1170. The van der Waals surface area contributed by atoms with Gasteiger partial charge in [-0.3, -0.25) is 4.79 Å². The molecule has 35 heavy (non-hydrogen) atoms. The third kappa shape index (κ3) is 5.69. The molecule has 2 aromatic rings. The fourth-order valence-corrected chi connectivity index (χ4v) is 6.72. The third-order valence-electron chi connectivity index (χ3n) is 6.85. The lowest BCUT2D eigenvalue weighted by Crippen LogP contribution is -2.38. The highest BCUT2D eigenvalue weighted by atomic mass is 32.2. The van der Waals surface area contributed by atoms with Gasteiger partial charge in [-0.15, -0.1) is 0 Å². The Morgan fingerprint density at radius 2 is 1.89 bits per heavy atom. The number of amides is 1. The second-order valence-corrected chi connectivity index (χ2v) is 11.4. The molecular weight excluding hydrogens is 468 g/mol. The Labute approximate surface area is 207 Å². The zero-order chi connectivity index (χ0) is 25.2. The molecule has 1 N–H and O–H groups in total. The number of benzene rings is 2. The van der Waals surface area contributed by atoms with E-state index in [2.05, 4.69) is 0 Å². The van der Waals surface area contributed by atoms with E-state index in [0.717, 1.165) is 17.5 Å². The van der Waals surface area contributed by atoms with Gasteiger partial charge in [0.05, 0.1) is 25.4 Å². The maximum atomic E-state index is 13.2. The molecule has 0 aliphatic carbocycles. The standard InChI is InChI=1S/C26H34N2O6S/c1-18-9-10-19(2)23(12-18)26(30)27-14-24(33-3)25(15-27)34-22-8-4-6-20(13-22)17-35(31,32)28-11-5-7-21(28)16-29/h4,6,8-10,12-13,21,24-25,29H,5,7,11,14-17H2,1-3H3/t21-,24?,25?/m1/s1. The van der Waals surface area contributed by atoms with Crippen molar-refractivity contribution in [3.63, 3.8) is 0 Å². The molecule has 4 rings (SSSR count). The summed E-state index contributed by atoms with van der Waals surface area (Å²) in [7, 11) is -1.95. The molecule has 0 bridgehead atoms. The van der Waals surface area contributed by atoms with Gasteiger partial charge in [-0.1, -0.05) is 29.8 Å². The van der Waals surface area contributed by atoms with Crippen molar-refractivity contribution in [2.45, 2.75) is 50.7 Å². The van der Waals surface area contributed by atoms with Crippen LogP contribution in [0.4, 0.5) is 0 Å². The fourth-order valence-electron chi connectivity index (χ4n) is 4.92. The average molecular weight is 503 g/mol. The molecule has 2 heterocycles. The minimum atomic E-state index is -3.55. The number of carbonyl (C=O) groups is 1. The summed E-state index contributed by atoms with van der Waals surface area (Å²) >= 11 is 0. The second kappa shape index (κ2) is 10.7. The van der Waals surface area contributed by atoms with E-state index in [1.807, 2.05) is 32.0 Å². The number of aliphatic hydroxyl groups excluding tert-OH is 1. The Balaban J connectivity index is 1.45. The highest BCUT2D eigenvalue weighted by Crippen LogP contribution is 2.27. The largest absolute Gasteiger partial charge is 0.486 e. The van der Waals surface area contributed by atoms with E-state index in [1.54, 1.807) is 36.3 Å². The van der Waals surface area contributed by atoms with Gasteiger partial charge in [-0.05, 0) is 56.0 Å². The Hall–Kier alpha value is -2.46. The zero-order valence-corrected chi connectivity index (χ0v) is 21.3. The van der Waals surface area contributed by atoms with E-state index in [0.29, 0.717) is 42.9 Å². The van der Waals surface area contributed by atoms with E-state index in [4.69, 9.17) is 9.47 Å². The lowest BCUT2D eigenvalue weighted by atomic mass is 10.0. The minimum Gasteiger partial charge on any atom is -0.486 e. The van der Waals surface area contributed by atoms with Gasteiger partial charge in [0.15, 0.2) is 0 Å². The van der Waals surface area contributed by atoms with Gasteiger partial charge in [-0.2, -0.15) is 4.31 Å². The van der Waals surface area contributed by atoms with Crippen LogP contribution in [0.1, 0.15) is 39.9 Å². The summed E-state index contributed by atoms with van der Waals surface area (Å²) in [6.45, 7) is 4.95. The number of hydrogen-bond donors (Lipinski definition) is 1. The molecule has 2 aliphatic rings. The summed E-state index contributed by atoms with van der Waals surface area (Å²) in [6, 6.07) is 12.5. The monoisotopic (exact) mass is 502 g/mol. The number of ether oxygens (including phenoxy) is 2. The molecule has 2 saturated heterocycles. The lowest BCUT2D eigenvalue weighted by molar-refractivity contribution is 0.0339. The van der Waals surface area contributed by atoms with Crippen LogP contribution in [0.25, 0.3) is 0 Å². The Kier molecular flexibility index (Phi) is 7.80. The number of sulfonamides is 1. The number of nitrogens with zero attached hydrogens (tertiary/aromatic N) is 2. The van der Waals surface area contributed by atoms with Gasteiger partial charge < -0.3 is 19.5 Å². The molecule has 8 nitrogen and oxygen atoms in total. The summed E-state index contributed by atoms with van der Waals surface area (Å²) in [6.07, 6.45) is 0.756. The lowest BCUT2D eigenvalue weighted by Gasteiger charge is -2.23. The molecular formula is C26H34N2O6S. The molecule has 2 aromatic carbocycles. The van der Waals surface area contributed by atoms with Gasteiger partial charge >= 0.3 is 0 Å². The number of likely N-dealkylation sites (tertiary alicyclic amines) is 1. The maximum absolute atomic E-state index is 13.2. The Morgan fingerprint density at radius 3 is 2.63 bits per heavy atom. The van der Waals surface area contributed by atoms with Gasteiger partial charge in [0.25, 0.3) is 5.91 Å². The number of aryl methyl sites for hydroxylation is 2. The molecule has 2 aliphatic heterocycles. The highest BCUT2D eigenvalue weighted by molar-refractivity contribution is 7.88. The Morgan fingerprint density at radius 1 is 1.11 bits per heavy atom. The first-order chi connectivity index (χ1) is 16.7. The summed E-state index contributed by atoms with van der Waals surface area (Å²) in [5, 5.41) is 9.51. The summed E-state index contributed by atoms with van der Waals surface area (Å²) in [5.41, 5.74) is 3.24. The molecule has 0 saturated carbocycles. The number of carbonyl (C=O) groups excluding carboxylic acids is 1. The smallest absolute Gasteiger partial charge is 0.254 e. The summed E-state index contributed by atoms with van der Waals surface area (Å²) < 4.78 is 39.1. The van der Waals surface area contributed by atoms with Gasteiger partial charge in [-0.25, -0.2) is 8.42 Å². The van der Waals surface area contributed by atoms with Crippen molar-refractivity contribution in [1.29, 1.82) is 0 Å². The fraction of sp³-hybridized carbons (Fsp3) is 0.500. The summed E-state index contributed by atoms with van der Waals surface area (Å²) in [5.74, 6) is 0.324. The van der Waals surface area contributed by atoms with Crippen LogP contribution < -0.4 is 4.74 Å². The SMILES string of the molecule is COC1CN(C(=O)c2cc(C)ccc2C)CC1Oc1cccc(CS(=O)(=O)N2CCC[C@@H]2CO)c1. The van der Waals surface area contributed by atoms with Crippen LogP contribution in [0.5, 0.6) is 5.75 Å². The molecule has 2 fully saturated rings. The normalized spacial score (nSPS) is 23.1. The van der Waals surface area contributed by atoms with Crippen LogP contribution in [0, 0.1) is 13.8 Å². The zero-order valence-electron chi connectivity index (χ0n) is 20.5.